The van der Waals surface area contributed by atoms with E-state index in [2.05, 4.69) is 50.4 Å². The zero-order valence-electron chi connectivity index (χ0n) is 39.9. The highest BCUT2D eigenvalue weighted by Crippen LogP contribution is 2.14. The first kappa shape index (κ1) is 59.7. The molecule has 10 nitrogen and oxygen atoms in total. The number of rotatable bonds is 44. The molecule has 0 aromatic carbocycles. The molecule has 0 aromatic rings. The molecule has 0 aliphatic carbocycles. The van der Waals surface area contributed by atoms with E-state index in [-0.39, 0.29) is 38.8 Å². The van der Waals surface area contributed by atoms with Gasteiger partial charge in [-0.2, -0.15) is 0 Å². The summed E-state index contributed by atoms with van der Waals surface area (Å²) in [5.41, 5.74) is 0. The van der Waals surface area contributed by atoms with Crippen LogP contribution < -0.4 is 5.32 Å². The Morgan fingerprint density at radius 1 is 0.483 bits per heavy atom. The van der Waals surface area contributed by atoms with Crippen LogP contribution in [0.5, 0.6) is 0 Å². The van der Waals surface area contributed by atoms with E-state index in [1.54, 1.807) is 0 Å². The highest BCUT2D eigenvalue weighted by atomic mass is 16.7. The lowest BCUT2D eigenvalue weighted by Crippen LogP contribution is -2.27. The van der Waals surface area contributed by atoms with Gasteiger partial charge in [-0.3, -0.25) is 9.59 Å². The molecular weight excluding hydrogens is 759 g/mol. The summed E-state index contributed by atoms with van der Waals surface area (Å²) in [5, 5.41) is 3.18. The molecule has 1 unspecified atom stereocenters. The molecule has 0 rings (SSSR count). The lowest BCUT2D eigenvalue weighted by molar-refractivity contribution is -0.161. The second-order valence-electron chi connectivity index (χ2n) is 15.6. The van der Waals surface area contributed by atoms with Gasteiger partial charge >= 0.3 is 18.1 Å². The summed E-state index contributed by atoms with van der Waals surface area (Å²) in [6.45, 7) is 15.5. The molecule has 0 spiro atoms. The molecule has 10 heteroatoms. The summed E-state index contributed by atoms with van der Waals surface area (Å²) in [4.78, 5) is 37.7. The van der Waals surface area contributed by atoms with Gasteiger partial charge in [0.2, 0.25) is 0 Å². The fourth-order valence-electron chi connectivity index (χ4n) is 6.19. The van der Waals surface area contributed by atoms with Crippen LogP contribution in [-0.2, 0) is 38.0 Å². The van der Waals surface area contributed by atoms with Crippen molar-refractivity contribution in [2.45, 2.75) is 221 Å². The Morgan fingerprint density at radius 3 is 1.52 bits per heavy atom. The van der Waals surface area contributed by atoms with Crippen LogP contribution >= 0.6 is 0 Å². The zero-order valence-corrected chi connectivity index (χ0v) is 39.9. The van der Waals surface area contributed by atoms with Gasteiger partial charge in [0.05, 0.1) is 18.9 Å². The van der Waals surface area contributed by atoms with Gasteiger partial charge in [0, 0.05) is 26.1 Å². The maximum absolute atomic E-state index is 12.9. The van der Waals surface area contributed by atoms with Crippen LogP contribution in [0.25, 0.3) is 0 Å². The highest BCUT2D eigenvalue weighted by molar-refractivity contribution is 5.69. The quantitative estimate of drug-likeness (QED) is 0.0209. The first-order valence-corrected chi connectivity index (χ1v) is 24.8. The molecule has 1 N–H and O–H groups in total. The smallest absolute Gasteiger partial charge is 0.465 e. The topological polar surface area (TPSA) is 119 Å². The minimum Gasteiger partial charge on any atom is -0.465 e. The van der Waals surface area contributed by atoms with Crippen molar-refractivity contribution in [3.05, 3.63) is 24.3 Å². The number of carbonyl (C=O) groups excluding carboxylic acids is 3. The van der Waals surface area contributed by atoms with E-state index < -0.39 is 24.3 Å². The van der Waals surface area contributed by atoms with E-state index in [1.165, 1.54) is 77.0 Å². The summed E-state index contributed by atoms with van der Waals surface area (Å²) >= 11 is 0. The number of unbranched alkanes of at least 4 members (excludes halogenated alkanes) is 18. The Kier molecular flexibility index (Phi) is 50.6. The Bertz CT molecular complexity index is 955. The summed E-state index contributed by atoms with van der Waals surface area (Å²) in [7, 11) is 0. The maximum Gasteiger partial charge on any atom is 0.508 e. The van der Waals surface area contributed by atoms with Gasteiger partial charge < -0.3 is 33.7 Å². The van der Waals surface area contributed by atoms with E-state index in [0.29, 0.717) is 32.5 Å². The second kappa shape index (κ2) is 50.9. The Balaban J connectivity index is 0. The first-order chi connectivity index (χ1) is 29.5. The minimum atomic E-state index is -0.794. The van der Waals surface area contributed by atoms with Gasteiger partial charge in [-0.1, -0.05) is 162 Å². The predicted octanol–water partition coefficient (Wildman–Crippen LogP) is 13.5. The molecule has 0 heterocycles. The van der Waals surface area contributed by atoms with Crippen LogP contribution in [-0.4, -0.2) is 77.1 Å². The molecule has 0 aliphatic rings. The molecule has 0 saturated carbocycles. The summed E-state index contributed by atoms with van der Waals surface area (Å²) < 4.78 is 33.8. The van der Waals surface area contributed by atoms with Crippen LogP contribution in [0.3, 0.4) is 0 Å². The number of allylic oxidation sites excluding steroid dienone is 4. The van der Waals surface area contributed by atoms with Crippen molar-refractivity contribution in [1.82, 2.24) is 5.32 Å². The summed E-state index contributed by atoms with van der Waals surface area (Å²) in [6.07, 6.45) is 35.6. The van der Waals surface area contributed by atoms with Crippen molar-refractivity contribution < 1.29 is 42.8 Å². The standard InChI is InChI=1S/C48H89NO9.C2H6/c1-5-9-12-15-18-19-20-21-22-23-24-25-26-27-30-34-45(50)56-41-44(43-58-48(52)55-40-33-37-49-8-4)42-57-46(51)35-36-47(53-38-31-28-16-13-10-6-2)54-39-32-29-17-14-11-7-3;1-2/h18-19,21-22,44,47,49H,5-17,20,23-43H2,1-4H3;1-2H3/b19-18-,22-21-;. The number of nitrogens with one attached hydrogen (secondary N) is 1. The fraction of sp³-hybridized carbons (Fsp3) is 0.860. The van der Waals surface area contributed by atoms with E-state index >= 15 is 0 Å². The van der Waals surface area contributed by atoms with Crippen molar-refractivity contribution in [1.29, 1.82) is 0 Å². The average molecular weight is 854 g/mol. The number of carbonyl (C=O) groups is 3. The molecule has 0 bridgehead atoms. The minimum absolute atomic E-state index is 0.0224. The van der Waals surface area contributed by atoms with Gasteiger partial charge in [-0.05, 0) is 70.9 Å². The fourth-order valence-corrected chi connectivity index (χ4v) is 6.19. The third-order valence-electron chi connectivity index (χ3n) is 9.88. The lowest BCUT2D eigenvalue weighted by atomic mass is 10.1. The van der Waals surface area contributed by atoms with E-state index in [9.17, 15) is 14.4 Å². The van der Waals surface area contributed by atoms with Crippen molar-refractivity contribution >= 4 is 18.1 Å². The normalized spacial score (nSPS) is 11.8. The zero-order chi connectivity index (χ0) is 44.4. The first-order valence-electron chi connectivity index (χ1n) is 24.8. The number of ether oxygens (including phenoxy) is 6. The molecule has 0 amide bonds. The molecule has 0 radical (unpaired) electrons. The number of esters is 2. The molecule has 0 aromatic heterocycles. The van der Waals surface area contributed by atoms with Crippen molar-refractivity contribution in [3.8, 4) is 0 Å². The Hall–Kier alpha value is -2.43. The molecular formula is C50H95NO9. The molecule has 0 fully saturated rings. The van der Waals surface area contributed by atoms with Crippen molar-refractivity contribution in [2.75, 3.05) is 52.7 Å². The van der Waals surface area contributed by atoms with Crippen LogP contribution in [0.4, 0.5) is 4.79 Å². The summed E-state index contributed by atoms with van der Waals surface area (Å²) in [5.74, 6) is -1.22. The predicted molar refractivity (Wildman–Crippen MR) is 248 cm³/mol. The maximum atomic E-state index is 12.9. The van der Waals surface area contributed by atoms with Gasteiger partial charge in [0.25, 0.3) is 0 Å². The van der Waals surface area contributed by atoms with Gasteiger partial charge in [0.1, 0.15) is 19.8 Å². The van der Waals surface area contributed by atoms with Gasteiger partial charge in [-0.25, -0.2) is 4.79 Å². The molecule has 60 heavy (non-hydrogen) atoms. The van der Waals surface area contributed by atoms with E-state index in [0.717, 1.165) is 83.7 Å². The Labute approximate surface area is 369 Å². The third-order valence-corrected chi connectivity index (χ3v) is 9.88. The number of hydrogen-bond acceptors (Lipinski definition) is 10. The summed E-state index contributed by atoms with van der Waals surface area (Å²) in [6, 6.07) is 0. The van der Waals surface area contributed by atoms with Crippen molar-refractivity contribution in [2.24, 2.45) is 5.92 Å². The van der Waals surface area contributed by atoms with Crippen LogP contribution in [0.15, 0.2) is 24.3 Å². The monoisotopic (exact) mass is 854 g/mol. The molecule has 0 aliphatic heterocycles. The SMILES string of the molecule is CC.CCCCC/C=C\C/C=C\CCCCCCCC(=O)OCC(COC(=O)CCC(OCCCCCCCC)OCCCCCCCC)COC(=O)OCCCNCC. The molecule has 0 saturated heterocycles. The lowest BCUT2D eigenvalue weighted by Gasteiger charge is -2.20. The second-order valence-corrected chi connectivity index (χ2v) is 15.6. The van der Waals surface area contributed by atoms with Crippen LogP contribution in [0.1, 0.15) is 215 Å². The van der Waals surface area contributed by atoms with E-state index in [4.69, 9.17) is 28.4 Å². The van der Waals surface area contributed by atoms with Crippen molar-refractivity contribution in [3.63, 3.8) is 0 Å². The molecule has 1 atom stereocenters. The average Bonchev–Trinajstić information content (AvgIpc) is 3.26. The Morgan fingerprint density at radius 2 is 0.950 bits per heavy atom. The van der Waals surface area contributed by atoms with Crippen LogP contribution in [0, 0.1) is 5.92 Å². The van der Waals surface area contributed by atoms with Crippen LogP contribution in [0.2, 0.25) is 0 Å². The molecule has 354 valence electrons. The van der Waals surface area contributed by atoms with Gasteiger partial charge in [0.15, 0.2) is 6.29 Å². The highest BCUT2D eigenvalue weighted by Gasteiger charge is 2.20. The van der Waals surface area contributed by atoms with E-state index in [1.807, 2.05) is 20.8 Å². The third kappa shape index (κ3) is 46.6. The largest absolute Gasteiger partial charge is 0.508 e. The van der Waals surface area contributed by atoms with Gasteiger partial charge in [-0.15, -0.1) is 0 Å². The number of hydrogen-bond donors (Lipinski definition) is 1.